The summed E-state index contributed by atoms with van der Waals surface area (Å²) < 4.78 is 0. The molecule has 4 N–H and O–H groups in total. The van der Waals surface area contributed by atoms with E-state index in [2.05, 4.69) is 13.8 Å². The summed E-state index contributed by atoms with van der Waals surface area (Å²) in [6.07, 6.45) is 14.1. The topological polar surface area (TPSA) is 80.9 Å². The van der Waals surface area contributed by atoms with E-state index in [1.54, 1.807) is 0 Å². The van der Waals surface area contributed by atoms with Gasteiger partial charge >= 0.3 is 0 Å². The number of aliphatic hydroxyl groups is 4. The highest BCUT2D eigenvalue weighted by molar-refractivity contribution is 4.55. The van der Waals surface area contributed by atoms with Gasteiger partial charge < -0.3 is 20.4 Å². The van der Waals surface area contributed by atoms with E-state index < -0.39 is 0 Å². The number of hydrogen-bond donors (Lipinski definition) is 4. The van der Waals surface area contributed by atoms with Crippen LogP contribution in [0.25, 0.3) is 0 Å². The van der Waals surface area contributed by atoms with Gasteiger partial charge in [-0.2, -0.15) is 0 Å². The van der Waals surface area contributed by atoms with Gasteiger partial charge in [-0.15, -0.1) is 0 Å². The van der Waals surface area contributed by atoms with Crippen molar-refractivity contribution in [1.29, 1.82) is 0 Å². The normalized spacial score (nSPS) is 13.2. The molecule has 4 nitrogen and oxygen atoms in total. The van der Waals surface area contributed by atoms with E-state index in [4.69, 9.17) is 10.2 Å². The van der Waals surface area contributed by atoms with E-state index in [9.17, 15) is 10.2 Å². The first-order valence-corrected chi connectivity index (χ1v) is 10.2. The molecule has 0 rings (SSSR count). The van der Waals surface area contributed by atoms with E-state index in [0.29, 0.717) is 13.2 Å². The fourth-order valence-corrected chi connectivity index (χ4v) is 2.65. The molecule has 2 atom stereocenters. The fourth-order valence-electron chi connectivity index (χ4n) is 2.65. The summed E-state index contributed by atoms with van der Waals surface area (Å²) in [7, 11) is 0. The molecule has 0 amide bonds. The maximum atomic E-state index is 9.36. The van der Waals surface area contributed by atoms with Gasteiger partial charge in [-0.25, -0.2) is 0 Å². The third kappa shape index (κ3) is 24.1. The lowest BCUT2D eigenvalue weighted by molar-refractivity contribution is 0.149. The van der Waals surface area contributed by atoms with Gasteiger partial charge in [0.05, 0.1) is 12.2 Å². The number of hydrogen-bond acceptors (Lipinski definition) is 4. The molecule has 0 aliphatic heterocycles. The summed E-state index contributed by atoms with van der Waals surface area (Å²) in [6, 6.07) is 0. The Balaban J connectivity index is 0. The molecule has 0 aromatic rings. The van der Waals surface area contributed by atoms with E-state index in [1.807, 2.05) is 0 Å². The fraction of sp³-hybridized carbons (Fsp3) is 1.00. The molecule has 0 heterocycles. The van der Waals surface area contributed by atoms with Crippen molar-refractivity contribution in [2.45, 2.75) is 116 Å². The molecule has 24 heavy (non-hydrogen) atoms. The standard InChI is InChI=1S/2C10H22O2/c2*1-2-7-10(12)8-5-3-4-6-9-11/h2*10-12H,2-9H2,1H3. The zero-order chi connectivity index (χ0) is 18.5. The van der Waals surface area contributed by atoms with Gasteiger partial charge in [-0.1, -0.05) is 65.2 Å². The zero-order valence-corrected chi connectivity index (χ0v) is 16.3. The summed E-state index contributed by atoms with van der Waals surface area (Å²) in [4.78, 5) is 0. The van der Waals surface area contributed by atoms with Crippen LogP contribution < -0.4 is 0 Å². The minimum absolute atomic E-state index is 0.0934. The highest BCUT2D eigenvalue weighted by Crippen LogP contribution is 2.09. The minimum atomic E-state index is -0.0934. The highest BCUT2D eigenvalue weighted by atomic mass is 16.3. The lowest BCUT2D eigenvalue weighted by Gasteiger charge is -2.07. The van der Waals surface area contributed by atoms with E-state index >= 15 is 0 Å². The first-order chi connectivity index (χ1) is 11.6. The van der Waals surface area contributed by atoms with Crippen molar-refractivity contribution in [2.75, 3.05) is 13.2 Å². The van der Waals surface area contributed by atoms with Crippen molar-refractivity contribution >= 4 is 0 Å². The monoisotopic (exact) mass is 348 g/mol. The van der Waals surface area contributed by atoms with Crippen LogP contribution in [0, 0.1) is 0 Å². The Kier molecular flexibility index (Phi) is 24.8. The van der Waals surface area contributed by atoms with E-state index in [1.165, 1.54) is 0 Å². The molecule has 148 valence electrons. The lowest BCUT2D eigenvalue weighted by Crippen LogP contribution is -2.04. The van der Waals surface area contributed by atoms with Crippen molar-refractivity contribution in [3.63, 3.8) is 0 Å². The van der Waals surface area contributed by atoms with Crippen LogP contribution in [0.4, 0.5) is 0 Å². The van der Waals surface area contributed by atoms with Crippen LogP contribution in [0.2, 0.25) is 0 Å². The van der Waals surface area contributed by atoms with Gasteiger partial charge in [0, 0.05) is 13.2 Å². The SMILES string of the molecule is CCCC(O)CCCCCCO.CCCC(O)CCCCCCO. The van der Waals surface area contributed by atoms with Crippen LogP contribution in [0.5, 0.6) is 0 Å². The summed E-state index contributed by atoms with van der Waals surface area (Å²) in [5, 5.41) is 35.7. The maximum absolute atomic E-state index is 9.36. The molecule has 0 aromatic heterocycles. The summed E-state index contributed by atoms with van der Waals surface area (Å²) in [6.45, 7) is 4.79. The molecule has 0 aromatic carbocycles. The quantitative estimate of drug-likeness (QED) is 0.315. The third-order valence-corrected chi connectivity index (χ3v) is 4.13. The number of rotatable bonds is 16. The average molecular weight is 349 g/mol. The van der Waals surface area contributed by atoms with Crippen molar-refractivity contribution in [2.24, 2.45) is 0 Å². The molecular weight excluding hydrogens is 304 g/mol. The first-order valence-electron chi connectivity index (χ1n) is 10.2. The van der Waals surface area contributed by atoms with E-state index in [-0.39, 0.29) is 12.2 Å². The van der Waals surface area contributed by atoms with Gasteiger partial charge in [0.1, 0.15) is 0 Å². The summed E-state index contributed by atoms with van der Waals surface area (Å²) in [5.41, 5.74) is 0. The highest BCUT2D eigenvalue weighted by Gasteiger charge is 2.01. The third-order valence-electron chi connectivity index (χ3n) is 4.13. The van der Waals surface area contributed by atoms with Gasteiger partial charge in [0.25, 0.3) is 0 Å². The van der Waals surface area contributed by atoms with Gasteiger partial charge in [-0.05, 0) is 38.5 Å². The molecule has 0 saturated carbocycles. The molecule has 4 heteroatoms. The predicted molar refractivity (Wildman–Crippen MR) is 102 cm³/mol. The number of aliphatic hydroxyl groups excluding tert-OH is 4. The van der Waals surface area contributed by atoms with E-state index in [0.717, 1.165) is 89.9 Å². The van der Waals surface area contributed by atoms with Crippen LogP contribution in [0.3, 0.4) is 0 Å². The van der Waals surface area contributed by atoms with Gasteiger partial charge in [0.2, 0.25) is 0 Å². The van der Waals surface area contributed by atoms with Gasteiger partial charge in [0.15, 0.2) is 0 Å². The maximum Gasteiger partial charge on any atom is 0.0540 e. The second-order valence-corrected chi connectivity index (χ2v) is 6.74. The summed E-state index contributed by atoms with van der Waals surface area (Å²) in [5.74, 6) is 0. The Labute approximate surface area is 150 Å². The smallest absolute Gasteiger partial charge is 0.0540 e. The Hall–Kier alpha value is -0.160. The van der Waals surface area contributed by atoms with Crippen LogP contribution in [0.1, 0.15) is 104 Å². The second kappa shape index (κ2) is 22.8. The molecule has 0 bridgehead atoms. The molecule has 0 saturated heterocycles. The number of unbranched alkanes of at least 4 members (excludes halogenated alkanes) is 6. The van der Waals surface area contributed by atoms with Crippen molar-refractivity contribution in [1.82, 2.24) is 0 Å². The Morgan fingerprint density at radius 3 is 1.12 bits per heavy atom. The molecule has 0 aliphatic rings. The average Bonchev–Trinajstić information content (AvgIpc) is 2.56. The van der Waals surface area contributed by atoms with Crippen LogP contribution >= 0.6 is 0 Å². The minimum Gasteiger partial charge on any atom is -0.396 e. The Bertz CT molecular complexity index is 190. The Morgan fingerprint density at radius 1 is 0.500 bits per heavy atom. The van der Waals surface area contributed by atoms with Crippen LogP contribution in [-0.2, 0) is 0 Å². The van der Waals surface area contributed by atoms with Crippen LogP contribution in [-0.4, -0.2) is 45.8 Å². The first kappa shape index (κ1) is 26.1. The molecular formula is C20H44O4. The molecule has 2 unspecified atom stereocenters. The van der Waals surface area contributed by atoms with Gasteiger partial charge in [-0.3, -0.25) is 0 Å². The largest absolute Gasteiger partial charge is 0.396 e. The lowest BCUT2D eigenvalue weighted by atomic mass is 10.1. The van der Waals surface area contributed by atoms with Crippen LogP contribution in [0.15, 0.2) is 0 Å². The summed E-state index contributed by atoms with van der Waals surface area (Å²) >= 11 is 0. The molecule has 0 radical (unpaired) electrons. The molecule has 0 aliphatic carbocycles. The van der Waals surface area contributed by atoms with Crippen molar-refractivity contribution < 1.29 is 20.4 Å². The molecule has 0 spiro atoms. The Morgan fingerprint density at radius 2 is 0.833 bits per heavy atom. The second-order valence-electron chi connectivity index (χ2n) is 6.74. The van der Waals surface area contributed by atoms with Crippen molar-refractivity contribution in [3.8, 4) is 0 Å². The molecule has 0 fully saturated rings. The predicted octanol–water partition coefficient (Wildman–Crippen LogP) is 4.18. The zero-order valence-electron chi connectivity index (χ0n) is 16.3. The van der Waals surface area contributed by atoms with Crippen molar-refractivity contribution in [3.05, 3.63) is 0 Å².